The molecule has 0 radical (unpaired) electrons. The molecule has 1 saturated heterocycles. The topological polar surface area (TPSA) is 72.7 Å². The van der Waals surface area contributed by atoms with Gasteiger partial charge in [0.15, 0.2) is 5.83 Å². The number of nitro groups is 1. The second kappa shape index (κ2) is 4.36. The Morgan fingerprint density at radius 3 is 2.82 bits per heavy atom. The standard InChI is InChI=1S/C10H9FN2O4/c11-8-6-7(13(15)16)2-1-3-9(8)12-4-5-17-10(12)14/h2-3,6H,1,4-5H2. The molecule has 0 atom stereocenters. The normalized spacial score (nSPS) is 20.2. The number of halogens is 1. The largest absolute Gasteiger partial charge is 0.447 e. The van der Waals surface area contributed by atoms with Crippen molar-refractivity contribution >= 4 is 6.09 Å². The smallest absolute Gasteiger partial charge is 0.414 e. The van der Waals surface area contributed by atoms with Gasteiger partial charge in [-0.2, -0.15) is 0 Å². The summed E-state index contributed by atoms with van der Waals surface area (Å²) in [7, 11) is 0. The summed E-state index contributed by atoms with van der Waals surface area (Å²) in [4.78, 5) is 22.3. The molecule has 0 bridgehead atoms. The fourth-order valence-corrected chi connectivity index (χ4v) is 1.63. The minimum absolute atomic E-state index is 0.0283. The van der Waals surface area contributed by atoms with Gasteiger partial charge in [-0.05, 0) is 12.5 Å². The number of hydrogen-bond donors (Lipinski definition) is 0. The van der Waals surface area contributed by atoms with Crippen LogP contribution in [0.15, 0.2) is 35.4 Å². The van der Waals surface area contributed by atoms with Crippen molar-refractivity contribution in [2.24, 2.45) is 0 Å². The van der Waals surface area contributed by atoms with Crippen molar-refractivity contribution in [1.82, 2.24) is 4.90 Å². The zero-order valence-electron chi connectivity index (χ0n) is 8.76. The van der Waals surface area contributed by atoms with Crippen LogP contribution in [-0.2, 0) is 4.74 Å². The highest BCUT2D eigenvalue weighted by Crippen LogP contribution is 2.25. The minimum atomic E-state index is -0.802. The number of carbonyl (C=O) groups is 1. The van der Waals surface area contributed by atoms with Crippen LogP contribution in [0, 0.1) is 10.1 Å². The van der Waals surface area contributed by atoms with Gasteiger partial charge in [0.05, 0.1) is 23.2 Å². The van der Waals surface area contributed by atoms with Gasteiger partial charge in [-0.3, -0.25) is 15.0 Å². The monoisotopic (exact) mass is 240 g/mol. The van der Waals surface area contributed by atoms with Gasteiger partial charge in [-0.1, -0.05) is 6.08 Å². The molecular formula is C10H9FN2O4. The summed E-state index contributed by atoms with van der Waals surface area (Å²) in [5, 5.41) is 10.5. The third-order valence-corrected chi connectivity index (χ3v) is 2.42. The molecule has 90 valence electrons. The number of hydrogen-bond acceptors (Lipinski definition) is 4. The molecule has 0 saturated carbocycles. The van der Waals surface area contributed by atoms with Gasteiger partial charge < -0.3 is 4.74 Å². The fraction of sp³-hybridized carbons (Fsp3) is 0.300. The molecule has 17 heavy (non-hydrogen) atoms. The van der Waals surface area contributed by atoms with Crippen molar-refractivity contribution < 1.29 is 18.8 Å². The Hall–Kier alpha value is -2.18. The van der Waals surface area contributed by atoms with E-state index < -0.39 is 16.8 Å². The van der Waals surface area contributed by atoms with Crippen molar-refractivity contribution in [3.05, 3.63) is 45.6 Å². The molecule has 0 spiro atoms. The predicted molar refractivity (Wildman–Crippen MR) is 55.0 cm³/mol. The highest BCUT2D eigenvalue weighted by atomic mass is 19.1. The molecule has 0 aromatic rings. The molecule has 0 unspecified atom stereocenters. The maximum Gasteiger partial charge on any atom is 0.414 e. The van der Waals surface area contributed by atoms with Crippen LogP contribution in [0.2, 0.25) is 0 Å². The number of nitrogens with zero attached hydrogens (tertiary/aromatic N) is 2. The summed E-state index contributed by atoms with van der Waals surface area (Å²) in [5.74, 6) is -0.802. The fourth-order valence-electron chi connectivity index (χ4n) is 1.63. The van der Waals surface area contributed by atoms with Gasteiger partial charge in [0.1, 0.15) is 6.61 Å². The number of rotatable bonds is 2. The van der Waals surface area contributed by atoms with E-state index in [1.807, 2.05) is 0 Å². The molecule has 7 heteroatoms. The lowest BCUT2D eigenvalue weighted by atomic mass is 10.3. The lowest BCUT2D eigenvalue weighted by molar-refractivity contribution is -0.419. The Kier molecular flexibility index (Phi) is 2.90. The Morgan fingerprint density at radius 2 is 2.24 bits per heavy atom. The predicted octanol–water partition coefficient (Wildman–Crippen LogP) is 1.74. The third-order valence-electron chi connectivity index (χ3n) is 2.42. The van der Waals surface area contributed by atoms with Crippen LogP contribution in [-0.4, -0.2) is 29.1 Å². The first kappa shape index (κ1) is 11.3. The lowest BCUT2D eigenvalue weighted by Crippen LogP contribution is -2.23. The van der Waals surface area contributed by atoms with Crippen molar-refractivity contribution in [3.8, 4) is 0 Å². The van der Waals surface area contributed by atoms with Gasteiger partial charge in [0, 0.05) is 0 Å². The zero-order valence-corrected chi connectivity index (χ0v) is 8.76. The van der Waals surface area contributed by atoms with Crippen molar-refractivity contribution in [2.45, 2.75) is 6.42 Å². The number of allylic oxidation sites excluding steroid dienone is 4. The average Bonchev–Trinajstić information content (AvgIpc) is 2.58. The molecule has 1 amide bonds. The van der Waals surface area contributed by atoms with E-state index in [9.17, 15) is 19.3 Å². The van der Waals surface area contributed by atoms with E-state index >= 15 is 0 Å². The van der Waals surface area contributed by atoms with Gasteiger partial charge in [-0.15, -0.1) is 0 Å². The van der Waals surface area contributed by atoms with E-state index in [0.29, 0.717) is 0 Å². The molecule has 0 aromatic carbocycles. The van der Waals surface area contributed by atoms with Crippen molar-refractivity contribution in [1.29, 1.82) is 0 Å². The summed E-state index contributed by atoms with van der Waals surface area (Å²) in [6, 6.07) is 0. The molecule has 1 aliphatic carbocycles. The Balaban J connectivity index is 2.27. The number of cyclic esters (lactones) is 1. The average molecular weight is 240 g/mol. The van der Waals surface area contributed by atoms with Gasteiger partial charge in [0.2, 0.25) is 0 Å². The van der Waals surface area contributed by atoms with E-state index in [-0.39, 0.29) is 31.0 Å². The van der Waals surface area contributed by atoms with Crippen LogP contribution in [0.3, 0.4) is 0 Å². The summed E-state index contributed by atoms with van der Waals surface area (Å²) in [6.45, 7) is 0.443. The molecular weight excluding hydrogens is 231 g/mol. The molecule has 6 nitrogen and oxygen atoms in total. The van der Waals surface area contributed by atoms with Crippen molar-refractivity contribution in [2.75, 3.05) is 13.2 Å². The zero-order chi connectivity index (χ0) is 12.4. The molecule has 1 aliphatic heterocycles. The third kappa shape index (κ3) is 2.17. The first-order chi connectivity index (χ1) is 8.09. The first-order valence-corrected chi connectivity index (χ1v) is 4.96. The lowest BCUT2D eigenvalue weighted by Gasteiger charge is -2.14. The molecule has 1 fully saturated rings. The van der Waals surface area contributed by atoms with Gasteiger partial charge >= 0.3 is 6.09 Å². The quantitative estimate of drug-likeness (QED) is 0.544. The second-order valence-corrected chi connectivity index (χ2v) is 3.47. The van der Waals surface area contributed by atoms with E-state index in [4.69, 9.17) is 0 Å². The van der Waals surface area contributed by atoms with Crippen LogP contribution < -0.4 is 0 Å². The van der Waals surface area contributed by atoms with E-state index in [1.54, 1.807) is 0 Å². The van der Waals surface area contributed by atoms with Crippen molar-refractivity contribution in [3.63, 3.8) is 0 Å². The molecule has 2 aliphatic rings. The van der Waals surface area contributed by atoms with E-state index in [2.05, 4.69) is 4.74 Å². The van der Waals surface area contributed by atoms with E-state index in [0.717, 1.165) is 11.0 Å². The van der Waals surface area contributed by atoms with Crippen LogP contribution >= 0.6 is 0 Å². The van der Waals surface area contributed by atoms with Crippen LogP contribution in [0.4, 0.5) is 9.18 Å². The van der Waals surface area contributed by atoms with Gasteiger partial charge in [-0.25, -0.2) is 9.18 Å². The summed E-state index contributed by atoms with van der Waals surface area (Å²) < 4.78 is 18.4. The molecule has 2 rings (SSSR count). The Labute approximate surface area is 95.8 Å². The number of carbonyl (C=O) groups excluding carboxylic acids is 1. The van der Waals surface area contributed by atoms with Crippen LogP contribution in [0.1, 0.15) is 6.42 Å². The van der Waals surface area contributed by atoms with Crippen LogP contribution in [0.5, 0.6) is 0 Å². The maximum atomic E-state index is 13.7. The minimum Gasteiger partial charge on any atom is -0.447 e. The first-order valence-electron chi connectivity index (χ1n) is 4.96. The van der Waals surface area contributed by atoms with Gasteiger partial charge in [0.25, 0.3) is 5.70 Å². The summed E-state index contributed by atoms with van der Waals surface area (Å²) in [6.07, 6.45) is 3.08. The van der Waals surface area contributed by atoms with E-state index in [1.165, 1.54) is 12.2 Å². The Morgan fingerprint density at radius 1 is 1.47 bits per heavy atom. The number of amides is 1. The SMILES string of the molecule is O=C1OCCN1C1=CCC=C([N+](=O)[O-])C=C1F. The number of ether oxygens (including phenoxy) is 1. The maximum absolute atomic E-state index is 13.7. The molecule has 0 N–H and O–H groups in total. The highest BCUT2D eigenvalue weighted by Gasteiger charge is 2.29. The highest BCUT2D eigenvalue weighted by molar-refractivity contribution is 5.73. The van der Waals surface area contributed by atoms with Crippen LogP contribution in [0.25, 0.3) is 0 Å². The molecule has 0 aromatic heterocycles. The summed E-state index contributed by atoms with van der Waals surface area (Å²) >= 11 is 0. The summed E-state index contributed by atoms with van der Waals surface area (Å²) in [5.41, 5.74) is -0.290. The Bertz CT molecular complexity index is 467. The molecule has 1 heterocycles. The second-order valence-electron chi connectivity index (χ2n) is 3.47.